The summed E-state index contributed by atoms with van der Waals surface area (Å²) in [6, 6.07) is 17.0. The van der Waals surface area contributed by atoms with Gasteiger partial charge in [0.05, 0.1) is 0 Å². The highest BCUT2D eigenvalue weighted by molar-refractivity contribution is 6.09. The Bertz CT molecular complexity index is 668. The number of hydrogen-bond acceptors (Lipinski definition) is 2. The zero-order valence-electron chi connectivity index (χ0n) is 13.6. The molecule has 0 aliphatic heterocycles. The summed E-state index contributed by atoms with van der Waals surface area (Å²) in [4.78, 5) is 26.2. The molecule has 2 amide bonds. The summed E-state index contributed by atoms with van der Waals surface area (Å²) in [5.74, 6) is -0.490. The standard InChI is InChI=1S/C19H22N2O2/c1-3-15-10-8-9-13-17(15)20-18(22)14-19(23)21(4-2)16-11-6-5-7-12-16/h5-13H,3-4,14H2,1-2H3,(H,20,22). The zero-order valence-corrected chi connectivity index (χ0v) is 13.6. The van der Waals surface area contributed by atoms with Gasteiger partial charge in [-0.1, -0.05) is 43.3 Å². The zero-order chi connectivity index (χ0) is 16.7. The van der Waals surface area contributed by atoms with E-state index in [4.69, 9.17) is 0 Å². The summed E-state index contributed by atoms with van der Waals surface area (Å²) in [5, 5.41) is 2.84. The van der Waals surface area contributed by atoms with Gasteiger partial charge >= 0.3 is 0 Å². The van der Waals surface area contributed by atoms with Gasteiger partial charge in [-0.05, 0) is 37.1 Å². The molecule has 0 fully saturated rings. The van der Waals surface area contributed by atoms with Crippen LogP contribution in [-0.2, 0) is 16.0 Å². The van der Waals surface area contributed by atoms with E-state index in [1.54, 1.807) is 4.90 Å². The maximum absolute atomic E-state index is 12.4. The molecule has 2 aromatic rings. The number of nitrogens with one attached hydrogen (secondary N) is 1. The van der Waals surface area contributed by atoms with Crippen molar-refractivity contribution in [2.75, 3.05) is 16.8 Å². The first kappa shape index (κ1) is 16.7. The maximum atomic E-state index is 12.4. The van der Waals surface area contributed by atoms with Gasteiger partial charge < -0.3 is 10.2 Å². The van der Waals surface area contributed by atoms with E-state index in [-0.39, 0.29) is 18.2 Å². The molecular formula is C19H22N2O2. The molecule has 0 heterocycles. The molecule has 2 rings (SSSR count). The smallest absolute Gasteiger partial charge is 0.236 e. The molecule has 0 radical (unpaired) electrons. The van der Waals surface area contributed by atoms with Crippen LogP contribution in [0.1, 0.15) is 25.8 Å². The topological polar surface area (TPSA) is 49.4 Å². The largest absolute Gasteiger partial charge is 0.325 e. The van der Waals surface area contributed by atoms with Gasteiger partial charge in [0.15, 0.2) is 0 Å². The second-order valence-corrected chi connectivity index (χ2v) is 5.21. The number of carbonyl (C=O) groups excluding carboxylic acids is 2. The highest BCUT2D eigenvalue weighted by Crippen LogP contribution is 2.17. The van der Waals surface area contributed by atoms with Crippen LogP contribution in [0.2, 0.25) is 0 Å². The summed E-state index contributed by atoms with van der Waals surface area (Å²) in [5.41, 5.74) is 2.64. The Kier molecular flexibility index (Phi) is 5.92. The van der Waals surface area contributed by atoms with Crippen molar-refractivity contribution in [2.24, 2.45) is 0 Å². The number of aryl methyl sites for hydroxylation is 1. The molecule has 0 saturated carbocycles. The van der Waals surface area contributed by atoms with Crippen molar-refractivity contribution >= 4 is 23.2 Å². The van der Waals surface area contributed by atoms with Crippen LogP contribution in [-0.4, -0.2) is 18.4 Å². The predicted octanol–water partition coefficient (Wildman–Crippen LogP) is 3.63. The summed E-state index contributed by atoms with van der Waals surface area (Å²) < 4.78 is 0. The van der Waals surface area contributed by atoms with Gasteiger partial charge in [0.2, 0.25) is 11.8 Å². The number of amides is 2. The monoisotopic (exact) mass is 310 g/mol. The molecule has 120 valence electrons. The first-order chi connectivity index (χ1) is 11.2. The van der Waals surface area contributed by atoms with E-state index in [0.717, 1.165) is 23.4 Å². The molecule has 4 nitrogen and oxygen atoms in total. The van der Waals surface area contributed by atoms with Crippen molar-refractivity contribution < 1.29 is 9.59 Å². The summed E-state index contributed by atoms with van der Waals surface area (Å²) >= 11 is 0. The van der Waals surface area contributed by atoms with Crippen LogP contribution in [0.5, 0.6) is 0 Å². The van der Waals surface area contributed by atoms with E-state index >= 15 is 0 Å². The van der Waals surface area contributed by atoms with Crippen molar-refractivity contribution in [1.82, 2.24) is 0 Å². The highest BCUT2D eigenvalue weighted by atomic mass is 16.2. The second-order valence-electron chi connectivity index (χ2n) is 5.21. The third kappa shape index (κ3) is 4.42. The van der Waals surface area contributed by atoms with Gasteiger partial charge in [-0.2, -0.15) is 0 Å². The maximum Gasteiger partial charge on any atom is 0.236 e. The van der Waals surface area contributed by atoms with Crippen LogP contribution in [0.15, 0.2) is 54.6 Å². The van der Waals surface area contributed by atoms with E-state index in [9.17, 15) is 9.59 Å². The lowest BCUT2D eigenvalue weighted by atomic mass is 10.1. The first-order valence-corrected chi connectivity index (χ1v) is 7.88. The quantitative estimate of drug-likeness (QED) is 0.828. The van der Waals surface area contributed by atoms with Crippen LogP contribution in [0.4, 0.5) is 11.4 Å². The van der Waals surface area contributed by atoms with Crippen molar-refractivity contribution in [2.45, 2.75) is 26.7 Å². The number of benzene rings is 2. The normalized spacial score (nSPS) is 10.2. The average molecular weight is 310 g/mol. The Morgan fingerprint density at radius 1 is 0.957 bits per heavy atom. The minimum absolute atomic E-state index is 0.166. The lowest BCUT2D eigenvalue weighted by Crippen LogP contribution is -2.33. The summed E-state index contributed by atoms with van der Waals surface area (Å²) in [6.45, 7) is 4.46. The minimum atomic E-state index is -0.287. The molecule has 1 N–H and O–H groups in total. The van der Waals surface area contributed by atoms with E-state index in [1.807, 2.05) is 68.4 Å². The molecule has 4 heteroatoms. The van der Waals surface area contributed by atoms with Gasteiger partial charge in [0.1, 0.15) is 6.42 Å². The fourth-order valence-electron chi connectivity index (χ4n) is 2.49. The van der Waals surface area contributed by atoms with Crippen LogP contribution >= 0.6 is 0 Å². The number of carbonyl (C=O) groups is 2. The first-order valence-electron chi connectivity index (χ1n) is 7.88. The Morgan fingerprint density at radius 3 is 2.26 bits per heavy atom. The van der Waals surface area contributed by atoms with E-state index in [0.29, 0.717) is 6.54 Å². The molecule has 0 bridgehead atoms. The highest BCUT2D eigenvalue weighted by Gasteiger charge is 2.18. The van der Waals surface area contributed by atoms with Gasteiger partial charge in [0.25, 0.3) is 0 Å². The van der Waals surface area contributed by atoms with Crippen LogP contribution in [0.25, 0.3) is 0 Å². The Labute approximate surface area is 137 Å². The van der Waals surface area contributed by atoms with Gasteiger partial charge in [0, 0.05) is 17.9 Å². The van der Waals surface area contributed by atoms with Gasteiger partial charge in [-0.25, -0.2) is 0 Å². The molecule has 0 aliphatic rings. The minimum Gasteiger partial charge on any atom is -0.325 e. The lowest BCUT2D eigenvalue weighted by Gasteiger charge is -2.21. The molecule has 0 saturated heterocycles. The number of rotatable bonds is 6. The number of anilines is 2. The molecular weight excluding hydrogens is 288 g/mol. The van der Waals surface area contributed by atoms with Crippen LogP contribution in [0.3, 0.4) is 0 Å². The molecule has 0 aromatic heterocycles. The van der Waals surface area contributed by atoms with Crippen molar-refractivity contribution in [3.8, 4) is 0 Å². The third-order valence-electron chi connectivity index (χ3n) is 3.67. The molecule has 0 atom stereocenters. The third-order valence-corrected chi connectivity index (χ3v) is 3.67. The van der Waals surface area contributed by atoms with Crippen molar-refractivity contribution in [1.29, 1.82) is 0 Å². The number of para-hydroxylation sites is 2. The van der Waals surface area contributed by atoms with Crippen LogP contribution in [0, 0.1) is 0 Å². The predicted molar refractivity (Wildman–Crippen MR) is 93.5 cm³/mol. The van der Waals surface area contributed by atoms with Crippen molar-refractivity contribution in [3.63, 3.8) is 0 Å². The van der Waals surface area contributed by atoms with E-state index in [1.165, 1.54) is 0 Å². The van der Waals surface area contributed by atoms with E-state index < -0.39 is 0 Å². The molecule has 0 spiro atoms. The fraction of sp³-hybridized carbons (Fsp3) is 0.263. The van der Waals surface area contributed by atoms with E-state index in [2.05, 4.69) is 5.32 Å². The molecule has 2 aromatic carbocycles. The Hall–Kier alpha value is -2.62. The lowest BCUT2D eigenvalue weighted by molar-refractivity contribution is -0.125. The van der Waals surface area contributed by atoms with Crippen molar-refractivity contribution in [3.05, 3.63) is 60.2 Å². The second kappa shape index (κ2) is 8.13. The van der Waals surface area contributed by atoms with Gasteiger partial charge in [-0.3, -0.25) is 9.59 Å². The Morgan fingerprint density at radius 2 is 1.61 bits per heavy atom. The molecule has 23 heavy (non-hydrogen) atoms. The fourth-order valence-corrected chi connectivity index (χ4v) is 2.49. The molecule has 0 unspecified atom stereocenters. The van der Waals surface area contributed by atoms with Crippen LogP contribution < -0.4 is 10.2 Å². The van der Waals surface area contributed by atoms with Gasteiger partial charge in [-0.15, -0.1) is 0 Å². The summed E-state index contributed by atoms with van der Waals surface area (Å²) in [7, 11) is 0. The number of hydrogen-bond donors (Lipinski definition) is 1. The number of nitrogens with zero attached hydrogens (tertiary/aromatic N) is 1. The SMILES string of the molecule is CCc1ccccc1NC(=O)CC(=O)N(CC)c1ccccc1. The summed E-state index contributed by atoms with van der Waals surface area (Å²) in [6.07, 6.45) is 0.663. The Balaban J connectivity index is 2.03. The molecule has 0 aliphatic carbocycles. The average Bonchev–Trinajstić information content (AvgIpc) is 2.57.